The number of hydrogen-bond donors (Lipinski definition) is 0. The lowest BCUT2D eigenvalue weighted by Gasteiger charge is -2.37. The summed E-state index contributed by atoms with van der Waals surface area (Å²) in [5.41, 5.74) is 1.44. The Morgan fingerprint density at radius 1 is 0.857 bits per heavy atom. The minimum absolute atomic E-state index is 0.0622. The first-order valence-electron chi connectivity index (χ1n) is 12.2. The van der Waals surface area contributed by atoms with Gasteiger partial charge in [-0.1, -0.05) is 24.3 Å². The second-order valence-electron chi connectivity index (χ2n) is 8.99. The molecule has 3 heterocycles. The van der Waals surface area contributed by atoms with Gasteiger partial charge in [0.15, 0.2) is 11.5 Å². The first-order chi connectivity index (χ1) is 17.1. The van der Waals surface area contributed by atoms with Crippen LogP contribution in [-0.4, -0.2) is 98.5 Å². The van der Waals surface area contributed by atoms with Gasteiger partial charge in [-0.05, 0) is 24.3 Å². The fourth-order valence-electron chi connectivity index (χ4n) is 4.85. The highest BCUT2D eigenvalue weighted by atomic mass is 19.1. The van der Waals surface area contributed by atoms with Crippen molar-refractivity contribution in [3.8, 4) is 0 Å². The van der Waals surface area contributed by atoms with E-state index in [-0.39, 0.29) is 11.7 Å². The number of ether oxygens (including phenoxy) is 1. The van der Waals surface area contributed by atoms with Crippen molar-refractivity contribution in [1.29, 1.82) is 0 Å². The molecule has 2 aliphatic heterocycles. The van der Waals surface area contributed by atoms with E-state index in [1.807, 2.05) is 41.3 Å². The van der Waals surface area contributed by atoms with Crippen LogP contribution in [0.3, 0.4) is 0 Å². The van der Waals surface area contributed by atoms with Crippen LogP contribution in [0.15, 0.2) is 48.5 Å². The Kier molecular flexibility index (Phi) is 7.06. The van der Waals surface area contributed by atoms with Gasteiger partial charge in [0.05, 0.1) is 6.61 Å². The fourth-order valence-corrected chi connectivity index (χ4v) is 4.85. The molecule has 3 aromatic rings. The van der Waals surface area contributed by atoms with Gasteiger partial charge in [0.2, 0.25) is 0 Å². The second-order valence-corrected chi connectivity index (χ2v) is 8.99. The van der Waals surface area contributed by atoms with E-state index >= 15 is 0 Å². The second kappa shape index (κ2) is 10.5. The van der Waals surface area contributed by atoms with E-state index in [4.69, 9.17) is 4.74 Å². The molecule has 8 nitrogen and oxygen atoms in total. The van der Waals surface area contributed by atoms with Gasteiger partial charge in [0, 0.05) is 82.5 Å². The van der Waals surface area contributed by atoms with Crippen LogP contribution < -0.4 is 9.80 Å². The summed E-state index contributed by atoms with van der Waals surface area (Å²) in [5.74, 6) is 0.518. The zero-order valence-electron chi connectivity index (χ0n) is 20.1. The quantitative estimate of drug-likeness (QED) is 0.539. The predicted molar refractivity (Wildman–Crippen MR) is 135 cm³/mol. The third kappa shape index (κ3) is 5.06. The Morgan fingerprint density at radius 2 is 1.51 bits per heavy atom. The Labute approximate surface area is 204 Å². The standard InChI is InChI=1S/C26H31FN6O2/c1-35-19-18-30-10-12-33(13-11-30)26(34)24-22-4-2-3-5-23(22)25(29-28-24)32-16-14-31(15-17-32)21-8-6-20(27)7-9-21/h2-9H,10-19H2,1H3. The predicted octanol–water partition coefficient (Wildman–Crippen LogP) is 2.50. The number of carbonyl (C=O) groups is 1. The van der Waals surface area contributed by atoms with Gasteiger partial charge >= 0.3 is 0 Å². The van der Waals surface area contributed by atoms with Crippen LogP contribution >= 0.6 is 0 Å². The first-order valence-corrected chi connectivity index (χ1v) is 12.2. The van der Waals surface area contributed by atoms with Crippen molar-refractivity contribution in [3.63, 3.8) is 0 Å². The van der Waals surface area contributed by atoms with Crippen molar-refractivity contribution >= 4 is 28.2 Å². The number of amides is 1. The Bertz CT molecular complexity index is 1160. The van der Waals surface area contributed by atoms with Crippen molar-refractivity contribution < 1.29 is 13.9 Å². The van der Waals surface area contributed by atoms with Gasteiger partial charge in [0.1, 0.15) is 5.82 Å². The third-order valence-corrected chi connectivity index (χ3v) is 6.91. The van der Waals surface area contributed by atoms with E-state index in [0.717, 1.165) is 68.1 Å². The van der Waals surface area contributed by atoms with Crippen molar-refractivity contribution in [2.75, 3.05) is 82.4 Å². The molecule has 0 radical (unpaired) electrons. The molecule has 5 rings (SSSR count). The third-order valence-electron chi connectivity index (χ3n) is 6.91. The maximum absolute atomic E-state index is 13.4. The minimum atomic E-state index is -0.225. The van der Waals surface area contributed by atoms with Gasteiger partial charge in [-0.15, -0.1) is 10.2 Å². The van der Waals surface area contributed by atoms with Crippen molar-refractivity contribution in [2.45, 2.75) is 0 Å². The van der Waals surface area contributed by atoms with E-state index in [9.17, 15) is 9.18 Å². The largest absolute Gasteiger partial charge is 0.383 e. The van der Waals surface area contributed by atoms with Gasteiger partial charge < -0.3 is 19.4 Å². The lowest BCUT2D eigenvalue weighted by Crippen LogP contribution is -2.49. The Hall–Kier alpha value is -3.30. The zero-order chi connectivity index (χ0) is 24.2. The highest BCUT2D eigenvalue weighted by molar-refractivity contribution is 6.07. The van der Waals surface area contributed by atoms with Crippen LogP contribution in [0.1, 0.15) is 10.5 Å². The number of rotatable bonds is 6. The molecule has 2 fully saturated rings. The van der Waals surface area contributed by atoms with Gasteiger partial charge in [-0.3, -0.25) is 9.69 Å². The van der Waals surface area contributed by atoms with Gasteiger partial charge in [-0.2, -0.15) is 0 Å². The van der Waals surface area contributed by atoms with Crippen LogP contribution in [0.4, 0.5) is 15.9 Å². The molecule has 2 aromatic carbocycles. The number of anilines is 2. The summed E-state index contributed by atoms with van der Waals surface area (Å²) in [7, 11) is 1.71. The van der Waals surface area contributed by atoms with E-state index in [1.165, 1.54) is 12.1 Å². The summed E-state index contributed by atoms with van der Waals surface area (Å²) in [6, 6.07) is 14.5. The summed E-state index contributed by atoms with van der Waals surface area (Å²) < 4.78 is 18.4. The van der Waals surface area contributed by atoms with Crippen molar-refractivity contribution in [2.24, 2.45) is 0 Å². The van der Waals surface area contributed by atoms with Crippen LogP contribution in [0, 0.1) is 5.82 Å². The number of nitrogens with zero attached hydrogens (tertiary/aromatic N) is 6. The molecule has 2 saturated heterocycles. The molecular formula is C26H31FN6O2. The number of fused-ring (bicyclic) bond motifs is 1. The molecule has 0 bridgehead atoms. The average molecular weight is 479 g/mol. The summed E-state index contributed by atoms with van der Waals surface area (Å²) in [6.45, 7) is 7.73. The van der Waals surface area contributed by atoms with Crippen LogP contribution in [0.5, 0.6) is 0 Å². The smallest absolute Gasteiger partial charge is 0.275 e. The van der Waals surface area contributed by atoms with Crippen molar-refractivity contribution in [1.82, 2.24) is 20.0 Å². The molecule has 0 atom stereocenters. The SMILES string of the molecule is COCCN1CCN(C(=O)c2nnc(N3CCN(c4ccc(F)cc4)CC3)c3ccccc23)CC1. The number of methoxy groups -OCH3 is 1. The topological polar surface area (TPSA) is 65.0 Å². The molecule has 1 amide bonds. The molecule has 0 saturated carbocycles. The molecule has 0 aliphatic carbocycles. The molecule has 1 aromatic heterocycles. The highest BCUT2D eigenvalue weighted by Gasteiger charge is 2.27. The molecule has 0 N–H and O–H groups in total. The van der Waals surface area contributed by atoms with E-state index < -0.39 is 0 Å². The van der Waals surface area contributed by atoms with Crippen molar-refractivity contribution in [3.05, 3.63) is 60.0 Å². The number of halogens is 1. The summed E-state index contributed by atoms with van der Waals surface area (Å²) >= 11 is 0. The molecule has 0 unspecified atom stereocenters. The van der Waals surface area contributed by atoms with E-state index in [1.54, 1.807) is 7.11 Å². The summed E-state index contributed by atoms with van der Waals surface area (Å²) in [6.07, 6.45) is 0. The number of hydrogen-bond acceptors (Lipinski definition) is 7. The number of aromatic nitrogens is 2. The van der Waals surface area contributed by atoms with E-state index in [0.29, 0.717) is 25.4 Å². The Morgan fingerprint density at radius 3 is 2.20 bits per heavy atom. The summed E-state index contributed by atoms with van der Waals surface area (Å²) in [5, 5.41) is 10.8. The minimum Gasteiger partial charge on any atom is -0.383 e. The number of carbonyl (C=O) groups excluding carboxylic acids is 1. The summed E-state index contributed by atoms with van der Waals surface area (Å²) in [4.78, 5) is 22.0. The fraction of sp³-hybridized carbons (Fsp3) is 0.423. The van der Waals surface area contributed by atoms with Gasteiger partial charge in [0.25, 0.3) is 5.91 Å². The van der Waals surface area contributed by atoms with Crippen LogP contribution in [0.2, 0.25) is 0 Å². The Balaban J connectivity index is 1.30. The normalized spacial score (nSPS) is 17.3. The maximum Gasteiger partial charge on any atom is 0.275 e. The lowest BCUT2D eigenvalue weighted by atomic mass is 10.1. The highest BCUT2D eigenvalue weighted by Crippen LogP contribution is 2.28. The zero-order valence-corrected chi connectivity index (χ0v) is 20.1. The molecule has 0 spiro atoms. The first kappa shape index (κ1) is 23.4. The van der Waals surface area contributed by atoms with Crippen LogP contribution in [-0.2, 0) is 4.74 Å². The lowest BCUT2D eigenvalue weighted by molar-refractivity contribution is 0.0590. The molecule has 35 heavy (non-hydrogen) atoms. The molecule has 9 heteroatoms. The van der Waals surface area contributed by atoms with Gasteiger partial charge in [-0.25, -0.2) is 4.39 Å². The molecule has 184 valence electrons. The molecular weight excluding hydrogens is 447 g/mol. The van der Waals surface area contributed by atoms with Crippen LogP contribution in [0.25, 0.3) is 10.8 Å². The number of benzene rings is 2. The van der Waals surface area contributed by atoms with E-state index in [2.05, 4.69) is 24.9 Å². The average Bonchev–Trinajstić information content (AvgIpc) is 2.92. The maximum atomic E-state index is 13.4. The number of piperazine rings is 2. The monoisotopic (exact) mass is 478 g/mol. The molecule has 2 aliphatic rings.